The van der Waals surface area contributed by atoms with Gasteiger partial charge in [-0.05, 0) is 37.3 Å². The van der Waals surface area contributed by atoms with Crippen LogP contribution in [-0.2, 0) is 0 Å². The van der Waals surface area contributed by atoms with Crippen LogP contribution in [0.4, 0.5) is 27.5 Å². The summed E-state index contributed by atoms with van der Waals surface area (Å²) in [6.45, 7) is 1.86. The van der Waals surface area contributed by atoms with Gasteiger partial charge in [0.2, 0.25) is 5.95 Å². The van der Waals surface area contributed by atoms with E-state index >= 15 is 0 Å². The molecule has 1 aromatic heterocycles. The Bertz CT molecular complexity index is 918. The quantitative estimate of drug-likeness (QED) is 0.683. The number of nitrogens with zero attached hydrogens (tertiary/aromatic N) is 2. The molecule has 134 valence electrons. The summed E-state index contributed by atoms with van der Waals surface area (Å²) < 4.78 is 23.9. The van der Waals surface area contributed by atoms with Gasteiger partial charge in [-0.25, -0.2) is 9.37 Å². The van der Waals surface area contributed by atoms with Crippen molar-refractivity contribution in [2.75, 3.05) is 24.9 Å². The minimum absolute atomic E-state index is 0.327. The van der Waals surface area contributed by atoms with E-state index in [2.05, 4.69) is 20.6 Å². The molecule has 26 heavy (non-hydrogen) atoms. The van der Waals surface area contributed by atoms with Crippen LogP contribution < -0.4 is 20.1 Å². The van der Waals surface area contributed by atoms with Gasteiger partial charge in [-0.3, -0.25) is 0 Å². The second-order valence-corrected chi connectivity index (χ2v) is 5.55. The predicted octanol–water partition coefficient (Wildman–Crippen LogP) is 4.43. The fourth-order valence-electron chi connectivity index (χ4n) is 2.45. The van der Waals surface area contributed by atoms with Crippen molar-refractivity contribution in [2.45, 2.75) is 6.92 Å². The Hall–Kier alpha value is -3.35. The third-order valence-electron chi connectivity index (χ3n) is 3.59. The maximum Gasteiger partial charge on any atom is 0.229 e. The van der Waals surface area contributed by atoms with Crippen molar-refractivity contribution in [3.05, 3.63) is 60.0 Å². The maximum absolute atomic E-state index is 13.3. The van der Waals surface area contributed by atoms with Crippen LogP contribution in [-0.4, -0.2) is 24.2 Å². The van der Waals surface area contributed by atoms with E-state index in [0.29, 0.717) is 29.0 Å². The van der Waals surface area contributed by atoms with Crippen LogP contribution in [0, 0.1) is 12.7 Å². The van der Waals surface area contributed by atoms with Gasteiger partial charge in [0.1, 0.15) is 11.6 Å². The molecular weight excluding hydrogens is 335 g/mol. The highest BCUT2D eigenvalue weighted by Gasteiger charge is 2.07. The summed E-state index contributed by atoms with van der Waals surface area (Å²) in [7, 11) is 3.17. The van der Waals surface area contributed by atoms with Crippen LogP contribution >= 0.6 is 0 Å². The molecule has 0 radical (unpaired) electrons. The highest BCUT2D eigenvalue weighted by Crippen LogP contribution is 2.31. The SMILES string of the molecule is COc1ccc(Nc2cc(C)nc(Nc3cccc(F)c3)n2)cc1OC. The Morgan fingerprint density at radius 2 is 1.62 bits per heavy atom. The number of aromatic nitrogens is 2. The molecular formula is C19H19FN4O2. The van der Waals surface area contributed by atoms with Crippen molar-refractivity contribution in [3.8, 4) is 11.5 Å². The summed E-state index contributed by atoms with van der Waals surface area (Å²) in [5.74, 6) is 1.90. The summed E-state index contributed by atoms with van der Waals surface area (Å²) in [4.78, 5) is 8.76. The number of methoxy groups -OCH3 is 2. The molecule has 2 N–H and O–H groups in total. The van der Waals surface area contributed by atoms with Crippen LogP contribution in [0.15, 0.2) is 48.5 Å². The zero-order valence-corrected chi connectivity index (χ0v) is 14.7. The zero-order valence-electron chi connectivity index (χ0n) is 14.7. The molecule has 1 heterocycles. The molecule has 0 spiro atoms. The van der Waals surface area contributed by atoms with Crippen LogP contribution in [0.5, 0.6) is 11.5 Å². The smallest absolute Gasteiger partial charge is 0.229 e. The summed E-state index contributed by atoms with van der Waals surface area (Å²) in [6, 6.07) is 13.4. The highest BCUT2D eigenvalue weighted by atomic mass is 19.1. The molecule has 3 rings (SSSR count). The van der Waals surface area contributed by atoms with Crippen LogP contribution in [0.2, 0.25) is 0 Å². The number of hydrogen-bond donors (Lipinski definition) is 2. The van der Waals surface area contributed by atoms with Crippen LogP contribution in [0.25, 0.3) is 0 Å². The fourth-order valence-corrected chi connectivity index (χ4v) is 2.45. The van der Waals surface area contributed by atoms with Gasteiger partial charge in [0.15, 0.2) is 11.5 Å². The molecule has 7 heteroatoms. The zero-order chi connectivity index (χ0) is 18.5. The lowest BCUT2D eigenvalue weighted by atomic mass is 10.2. The first kappa shape index (κ1) is 17.5. The Balaban J connectivity index is 1.83. The summed E-state index contributed by atoms with van der Waals surface area (Å²) >= 11 is 0. The lowest BCUT2D eigenvalue weighted by Gasteiger charge is -2.12. The van der Waals surface area contributed by atoms with Gasteiger partial charge in [-0.15, -0.1) is 0 Å². The number of benzene rings is 2. The average Bonchev–Trinajstić information content (AvgIpc) is 2.61. The Morgan fingerprint density at radius 3 is 2.35 bits per heavy atom. The summed E-state index contributed by atoms with van der Waals surface area (Å²) in [6.07, 6.45) is 0. The number of rotatable bonds is 6. The molecule has 6 nitrogen and oxygen atoms in total. The fraction of sp³-hybridized carbons (Fsp3) is 0.158. The second kappa shape index (κ2) is 7.69. The third kappa shape index (κ3) is 4.18. The summed E-state index contributed by atoms with van der Waals surface area (Å²) in [5, 5.41) is 6.21. The van der Waals surface area contributed by atoms with Gasteiger partial charge in [0.05, 0.1) is 14.2 Å². The molecule has 0 aliphatic rings. The normalized spacial score (nSPS) is 10.3. The first-order valence-electron chi connectivity index (χ1n) is 7.94. The topological polar surface area (TPSA) is 68.3 Å². The number of hydrogen-bond acceptors (Lipinski definition) is 6. The van der Waals surface area contributed by atoms with Crippen molar-refractivity contribution < 1.29 is 13.9 Å². The summed E-state index contributed by atoms with van der Waals surface area (Å²) in [5.41, 5.74) is 2.13. The van der Waals surface area contributed by atoms with Crippen LogP contribution in [0.1, 0.15) is 5.69 Å². The molecule has 0 bridgehead atoms. The van der Waals surface area contributed by atoms with Gasteiger partial charge in [-0.1, -0.05) is 6.07 Å². The van der Waals surface area contributed by atoms with Gasteiger partial charge in [0.25, 0.3) is 0 Å². The molecule has 0 amide bonds. The largest absolute Gasteiger partial charge is 0.493 e. The second-order valence-electron chi connectivity index (χ2n) is 5.55. The van der Waals surface area contributed by atoms with E-state index in [1.54, 1.807) is 32.4 Å². The van der Waals surface area contributed by atoms with Crippen molar-refractivity contribution in [3.63, 3.8) is 0 Å². The maximum atomic E-state index is 13.3. The van der Waals surface area contributed by atoms with Gasteiger partial charge >= 0.3 is 0 Å². The number of halogens is 1. The minimum Gasteiger partial charge on any atom is -0.493 e. The molecule has 3 aromatic rings. The molecule has 0 aliphatic heterocycles. The molecule has 0 fully saturated rings. The standard InChI is InChI=1S/C19H19FN4O2/c1-12-9-18(22-15-7-8-16(25-2)17(11-15)26-3)24-19(21-12)23-14-6-4-5-13(20)10-14/h4-11H,1-3H3,(H2,21,22,23,24). The first-order chi connectivity index (χ1) is 12.6. The number of anilines is 4. The van der Waals surface area contributed by atoms with Gasteiger partial charge in [0, 0.05) is 29.2 Å². The van der Waals surface area contributed by atoms with Gasteiger partial charge in [-0.2, -0.15) is 4.98 Å². The molecule has 2 aromatic carbocycles. The molecule has 0 aliphatic carbocycles. The van der Waals surface area contributed by atoms with E-state index in [-0.39, 0.29) is 5.82 Å². The monoisotopic (exact) mass is 354 g/mol. The van der Waals surface area contributed by atoms with Crippen molar-refractivity contribution >= 4 is 23.1 Å². The third-order valence-corrected chi connectivity index (χ3v) is 3.59. The van der Waals surface area contributed by atoms with Crippen molar-refractivity contribution in [1.82, 2.24) is 9.97 Å². The van der Waals surface area contributed by atoms with E-state index in [1.165, 1.54) is 12.1 Å². The van der Waals surface area contributed by atoms with Crippen molar-refractivity contribution in [2.24, 2.45) is 0 Å². The van der Waals surface area contributed by atoms with E-state index in [9.17, 15) is 4.39 Å². The first-order valence-corrected chi connectivity index (χ1v) is 7.94. The Kier molecular flexibility index (Phi) is 5.17. The van der Waals surface area contributed by atoms with Gasteiger partial charge < -0.3 is 20.1 Å². The molecule has 0 atom stereocenters. The van der Waals surface area contributed by atoms with Crippen molar-refractivity contribution in [1.29, 1.82) is 0 Å². The average molecular weight is 354 g/mol. The lowest BCUT2D eigenvalue weighted by Crippen LogP contribution is -2.02. The van der Waals surface area contributed by atoms with E-state index in [4.69, 9.17) is 9.47 Å². The lowest BCUT2D eigenvalue weighted by molar-refractivity contribution is 0.355. The van der Waals surface area contributed by atoms with E-state index in [0.717, 1.165) is 11.4 Å². The Labute approximate surface area is 151 Å². The minimum atomic E-state index is -0.327. The number of ether oxygens (including phenoxy) is 2. The number of aryl methyl sites for hydroxylation is 1. The van der Waals surface area contributed by atoms with Crippen LogP contribution in [0.3, 0.4) is 0 Å². The molecule has 0 saturated heterocycles. The van der Waals surface area contributed by atoms with E-state index < -0.39 is 0 Å². The van der Waals surface area contributed by atoms with E-state index in [1.807, 2.05) is 25.1 Å². The number of nitrogens with one attached hydrogen (secondary N) is 2. The predicted molar refractivity (Wildman–Crippen MR) is 99.3 cm³/mol. The molecule has 0 unspecified atom stereocenters. The highest BCUT2D eigenvalue weighted by molar-refractivity contribution is 5.63. The Morgan fingerprint density at radius 1 is 0.846 bits per heavy atom. The molecule has 0 saturated carbocycles.